The standard InChI is InChI=1S/C10H17F3N2O2/c1-6-4-15(5-7(2)17-6)8(16)9(3,14)10(11,12)13/h6-7H,4-5,14H2,1-3H3. The van der Waals surface area contributed by atoms with Crippen LogP contribution in [-0.2, 0) is 9.53 Å². The number of hydrogen-bond donors (Lipinski definition) is 1. The molecule has 0 aliphatic carbocycles. The van der Waals surface area contributed by atoms with E-state index in [0.717, 1.165) is 4.90 Å². The van der Waals surface area contributed by atoms with Crippen LogP contribution in [0.25, 0.3) is 0 Å². The molecule has 1 fully saturated rings. The smallest absolute Gasteiger partial charge is 0.372 e. The van der Waals surface area contributed by atoms with Crippen LogP contribution in [0.2, 0.25) is 0 Å². The second-order valence-electron chi connectivity index (χ2n) is 4.67. The summed E-state index contributed by atoms with van der Waals surface area (Å²) in [5.41, 5.74) is 2.26. The Labute approximate surface area is 97.9 Å². The van der Waals surface area contributed by atoms with Crippen LogP contribution in [0.5, 0.6) is 0 Å². The third-order valence-corrected chi connectivity index (χ3v) is 2.74. The highest BCUT2D eigenvalue weighted by Gasteiger charge is 2.55. The Balaban J connectivity index is 2.83. The lowest BCUT2D eigenvalue weighted by Crippen LogP contribution is -2.64. The van der Waals surface area contributed by atoms with E-state index in [4.69, 9.17) is 10.5 Å². The van der Waals surface area contributed by atoms with Crippen molar-refractivity contribution >= 4 is 5.91 Å². The predicted molar refractivity (Wildman–Crippen MR) is 55.2 cm³/mol. The van der Waals surface area contributed by atoms with Crippen LogP contribution in [0.4, 0.5) is 13.2 Å². The number of ether oxygens (including phenoxy) is 1. The number of carbonyl (C=O) groups is 1. The summed E-state index contributed by atoms with van der Waals surface area (Å²) in [7, 11) is 0. The van der Waals surface area contributed by atoms with Crippen molar-refractivity contribution in [3.63, 3.8) is 0 Å². The first-order valence-electron chi connectivity index (χ1n) is 5.36. The molecule has 2 N–H and O–H groups in total. The second-order valence-corrected chi connectivity index (χ2v) is 4.67. The topological polar surface area (TPSA) is 55.6 Å². The summed E-state index contributed by atoms with van der Waals surface area (Å²) in [5, 5.41) is 0. The summed E-state index contributed by atoms with van der Waals surface area (Å²) in [6.45, 7) is 4.37. The van der Waals surface area contributed by atoms with Gasteiger partial charge in [0.15, 0.2) is 5.54 Å². The molecular weight excluding hydrogens is 237 g/mol. The SMILES string of the molecule is CC1CN(C(=O)C(C)(N)C(F)(F)F)CC(C)O1. The van der Waals surface area contributed by atoms with Gasteiger partial charge >= 0.3 is 6.18 Å². The zero-order chi connectivity index (χ0) is 13.4. The minimum atomic E-state index is -4.76. The molecule has 1 amide bonds. The van der Waals surface area contributed by atoms with E-state index in [1.54, 1.807) is 13.8 Å². The molecule has 1 aliphatic heterocycles. The minimum Gasteiger partial charge on any atom is -0.372 e. The first-order chi connectivity index (χ1) is 7.55. The Morgan fingerprint density at radius 3 is 2.06 bits per heavy atom. The zero-order valence-corrected chi connectivity index (χ0v) is 10.0. The number of halogens is 3. The number of amides is 1. The largest absolute Gasteiger partial charge is 0.415 e. The van der Waals surface area contributed by atoms with Gasteiger partial charge in [-0.05, 0) is 20.8 Å². The molecule has 0 spiro atoms. The molecule has 3 atom stereocenters. The van der Waals surface area contributed by atoms with Gasteiger partial charge < -0.3 is 15.4 Å². The second kappa shape index (κ2) is 4.45. The average Bonchev–Trinajstić information content (AvgIpc) is 2.13. The molecule has 0 radical (unpaired) electrons. The average molecular weight is 254 g/mol. The van der Waals surface area contributed by atoms with Crippen molar-refractivity contribution in [2.75, 3.05) is 13.1 Å². The number of alkyl halides is 3. The molecule has 0 saturated carbocycles. The van der Waals surface area contributed by atoms with Gasteiger partial charge in [0, 0.05) is 13.1 Å². The summed E-state index contributed by atoms with van der Waals surface area (Å²) >= 11 is 0. The van der Waals surface area contributed by atoms with E-state index in [2.05, 4.69) is 0 Å². The van der Waals surface area contributed by atoms with Crippen LogP contribution in [-0.4, -0.2) is 47.8 Å². The Bertz CT molecular complexity index is 294. The molecule has 3 unspecified atom stereocenters. The van der Waals surface area contributed by atoms with Gasteiger partial charge in [0.1, 0.15) is 0 Å². The van der Waals surface area contributed by atoms with Gasteiger partial charge in [0.05, 0.1) is 12.2 Å². The fourth-order valence-corrected chi connectivity index (χ4v) is 1.79. The van der Waals surface area contributed by atoms with Gasteiger partial charge in [-0.2, -0.15) is 13.2 Å². The molecular formula is C10H17F3N2O2. The van der Waals surface area contributed by atoms with Crippen molar-refractivity contribution in [2.45, 2.75) is 44.7 Å². The van der Waals surface area contributed by atoms with Crippen molar-refractivity contribution in [3.8, 4) is 0 Å². The molecule has 1 heterocycles. The summed E-state index contributed by atoms with van der Waals surface area (Å²) < 4.78 is 43.2. The predicted octanol–water partition coefficient (Wildman–Crippen LogP) is 0.902. The number of nitrogens with two attached hydrogens (primary N) is 1. The number of carbonyl (C=O) groups excluding carboxylic acids is 1. The van der Waals surface area contributed by atoms with Gasteiger partial charge in [-0.25, -0.2) is 0 Å². The molecule has 0 bridgehead atoms. The maximum atomic E-state index is 12.6. The monoisotopic (exact) mass is 254 g/mol. The molecule has 1 rings (SSSR count). The number of hydrogen-bond acceptors (Lipinski definition) is 3. The van der Waals surface area contributed by atoms with Gasteiger partial charge in [0.25, 0.3) is 5.91 Å². The van der Waals surface area contributed by atoms with Crippen LogP contribution in [0.3, 0.4) is 0 Å². The fraction of sp³-hybridized carbons (Fsp3) is 0.900. The van der Waals surface area contributed by atoms with Gasteiger partial charge in [-0.15, -0.1) is 0 Å². The molecule has 0 aromatic heterocycles. The first kappa shape index (κ1) is 14.2. The number of rotatable bonds is 1. The molecule has 17 heavy (non-hydrogen) atoms. The molecule has 0 aromatic rings. The van der Waals surface area contributed by atoms with Crippen LogP contribution < -0.4 is 5.73 Å². The minimum absolute atomic E-state index is 0.131. The zero-order valence-electron chi connectivity index (χ0n) is 10.0. The van der Waals surface area contributed by atoms with Crippen LogP contribution in [0, 0.1) is 0 Å². The van der Waals surface area contributed by atoms with E-state index in [-0.39, 0.29) is 25.3 Å². The Morgan fingerprint density at radius 2 is 1.71 bits per heavy atom. The van der Waals surface area contributed by atoms with E-state index in [9.17, 15) is 18.0 Å². The highest BCUT2D eigenvalue weighted by molar-refractivity contribution is 5.86. The number of nitrogens with zero attached hydrogens (tertiary/aromatic N) is 1. The summed E-state index contributed by atoms with van der Waals surface area (Å²) in [5.74, 6) is -1.10. The van der Waals surface area contributed by atoms with E-state index < -0.39 is 17.6 Å². The van der Waals surface area contributed by atoms with Crippen LogP contribution >= 0.6 is 0 Å². The summed E-state index contributed by atoms with van der Waals surface area (Å²) in [6.07, 6.45) is -5.33. The van der Waals surface area contributed by atoms with Crippen molar-refractivity contribution in [1.29, 1.82) is 0 Å². The highest BCUT2D eigenvalue weighted by Crippen LogP contribution is 2.30. The molecule has 0 aromatic carbocycles. The van der Waals surface area contributed by atoms with E-state index in [0.29, 0.717) is 6.92 Å². The van der Waals surface area contributed by atoms with Gasteiger partial charge in [0.2, 0.25) is 0 Å². The van der Waals surface area contributed by atoms with Crippen molar-refractivity contribution in [1.82, 2.24) is 4.90 Å². The maximum absolute atomic E-state index is 12.6. The molecule has 100 valence electrons. The van der Waals surface area contributed by atoms with Crippen molar-refractivity contribution in [2.24, 2.45) is 5.73 Å². The first-order valence-corrected chi connectivity index (χ1v) is 5.36. The lowest BCUT2D eigenvalue weighted by Gasteiger charge is -2.39. The third kappa shape index (κ3) is 2.90. The molecule has 1 aliphatic rings. The third-order valence-electron chi connectivity index (χ3n) is 2.74. The lowest BCUT2D eigenvalue weighted by molar-refractivity contribution is -0.198. The van der Waals surface area contributed by atoms with Gasteiger partial charge in [-0.3, -0.25) is 4.79 Å². The quantitative estimate of drug-likeness (QED) is 0.756. The van der Waals surface area contributed by atoms with Gasteiger partial charge in [-0.1, -0.05) is 0 Å². The Morgan fingerprint density at radius 1 is 1.29 bits per heavy atom. The fourth-order valence-electron chi connectivity index (χ4n) is 1.79. The van der Waals surface area contributed by atoms with E-state index >= 15 is 0 Å². The Kier molecular flexibility index (Phi) is 3.73. The normalized spacial score (nSPS) is 29.9. The Hall–Kier alpha value is -0.820. The molecule has 7 heteroatoms. The van der Waals surface area contributed by atoms with E-state index in [1.807, 2.05) is 0 Å². The maximum Gasteiger partial charge on any atom is 0.415 e. The number of morpholine rings is 1. The van der Waals surface area contributed by atoms with Crippen LogP contribution in [0.1, 0.15) is 20.8 Å². The summed E-state index contributed by atoms with van der Waals surface area (Å²) in [4.78, 5) is 12.9. The van der Waals surface area contributed by atoms with E-state index in [1.165, 1.54) is 0 Å². The van der Waals surface area contributed by atoms with Crippen molar-refractivity contribution in [3.05, 3.63) is 0 Å². The highest BCUT2D eigenvalue weighted by atomic mass is 19.4. The molecule has 4 nitrogen and oxygen atoms in total. The van der Waals surface area contributed by atoms with Crippen molar-refractivity contribution < 1.29 is 22.7 Å². The summed E-state index contributed by atoms with van der Waals surface area (Å²) in [6, 6.07) is 0. The van der Waals surface area contributed by atoms with Crippen LogP contribution in [0.15, 0.2) is 0 Å². The molecule has 1 saturated heterocycles. The lowest BCUT2D eigenvalue weighted by atomic mass is 10.0.